The van der Waals surface area contributed by atoms with E-state index in [4.69, 9.17) is 0 Å². The molecule has 0 aliphatic rings. The van der Waals surface area contributed by atoms with Gasteiger partial charge in [0.05, 0.1) is 13.6 Å². The van der Waals surface area contributed by atoms with Gasteiger partial charge in [-0.15, -0.1) is 0 Å². The molecule has 7 heteroatoms. The van der Waals surface area contributed by atoms with E-state index in [-0.39, 0.29) is 0 Å². The Balaban J connectivity index is 0.000000302. The van der Waals surface area contributed by atoms with Gasteiger partial charge in [-0.25, -0.2) is 9.13 Å². The molecule has 0 saturated carbocycles. The summed E-state index contributed by atoms with van der Waals surface area (Å²) in [5.41, 5.74) is 0. The van der Waals surface area contributed by atoms with E-state index in [0.29, 0.717) is 0 Å². The third-order valence-electron chi connectivity index (χ3n) is 1.60. The molecule has 0 saturated heterocycles. The van der Waals surface area contributed by atoms with Crippen LogP contribution in [-0.2, 0) is 43.6 Å². The first-order chi connectivity index (χ1) is 8.07. The van der Waals surface area contributed by atoms with Crippen LogP contribution in [0.4, 0.5) is 0 Å². The topological polar surface area (TPSA) is 77.1 Å². The number of hydrogen-bond donors (Lipinski definition) is 0. The molecule has 1 heterocycles. The Morgan fingerprint density at radius 1 is 1.12 bits per heavy atom. The van der Waals surface area contributed by atoms with Gasteiger partial charge < -0.3 is 0 Å². The zero-order valence-electron chi connectivity index (χ0n) is 9.30. The van der Waals surface area contributed by atoms with Crippen molar-refractivity contribution in [1.29, 1.82) is 0 Å². The second-order valence-electron chi connectivity index (χ2n) is 2.68. The Labute approximate surface area is 98.1 Å². The summed E-state index contributed by atoms with van der Waals surface area (Å²) < 4.78 is 4.16. The number of hydrogen-bond acceptors (Lipinski definition) is 4. The molecule has 1 aromatic heterocycles. The number of nitrogens with zero attached hydrogens (tertiary/aromatic N) is 2. The van der Waals surface area contributed by atoms with E-state index in [2.05, 4.69) is 24.0 Å². The van der Waals surface area contributed by atoms with Gasteiger partial charge in [0.25, 0.3) is 0 Å². The maximum absolute atomic E-state index is 9.66. The van der Waals surface area contributed by atoms with Crippen LogP contribution in [0, 0.1) is 0 Å². The van der Waals surface area contributed by atoms with E-state index in [0.717, 1.165) is 25.8 Å². The van der Waals surface area contributed by atoms with Crippen molar-refractivity contribution < 1.29 is 34.6 Å². The Kier molecular flexibility index (Phi) is 6.49. The van der Waals surface area contributed by atoms with Crippen LogP contribution in [0.2, 0.25) is 0 Å². The molecular weight excluding hydrogens is 271 g/mol. The summed E-state index contributed by atoms with van der Waals surface area (Å²) in [5.74, 6) is 0. The van der Waals surface area contributed by atoms with Crippen LogP contribution in [-0.4, -0.2) is 23.9 Å². The van der Waals surface area contributed by atoms with Gasteiger partial charge in [-0.2, -0.15) is 0 Å². The second kappa shape index (κ2) is 7.33. The van der Waals surface area contributed by atoms with Crippen LogP contribution in [0.1, 0.15) is 6.92 Å². The first-order valence-corrected chi connectivity index (χ1v) is 6.40. The molecule has 0 aliphatic heterocycles. The molecule has 1 aromatic rings. The second-order valence-corrected chi connectivity index (χ2v) is 5.09. The van der Waals surface area contributed by atoms with Crippen molar-refractivity contribution in [3.63, 3.8) is 0 Å². The summed E-state index contributed by atoms with van der Waals surface area (Å²) >= 11 is 0. The standard InChI is InChI=1S/C6H11N2.4CO.Co/c1-3-8-5-4-7(2)6-8;4*1-2;/h4-6H,3H2,1-2H3;;;;;/q+1;;;;;. The van der Waals surface area contributed by atoms with Crippen molar-refractivity contribution in [3.05, 3.63) is 18.7 Å². The van der Waals surface area contributed by atoms with Crippen molar-refractivity contribution in [2.45, 2.75) is 13.5 Å². The molecule has 6 nitrogen and oxygen atoms in total. The molecule has 0 radical (unpaired) electrons. The zero-order valence-corrected chi connectivity index (χ0v) is 10.3. The van der Waals surface area contributed by atoms with Crippen molar-refractivity contribution >= 4 is 19.3 Å². The van der Waals surface area contributed by atoms with Crippen molar-refractivity contribution in [2.75, 3.05) is 0 Å². The predicted molar refractivity (Wildman–Crippen MR) is 54.1 cm³/mol. The van der Waals surface area contributed by atoms with Gasteiger partial charge in [0.15, 0.2) is 0 Å². The van der Waals surface area contributed by atoms with E-state index in [1.54, 1.807) is 0 Å². The van der Waals surface area contributed by atoms with Crippen LogP contribution in [0.5, 0.6) is 0 Å². The third-order valence-corrected chi connectivity index (χ3v) is 2.87. The predicted octanol–water partition coefficient (Wildman–Crippen LogP) is -1.26. The van der Waals surface area contributed by atoms with Crippen LogP contribution < -0.4 is 4.57 Å². The van der Waals surface area contributed by atoms with Gasteiger partial charge in [-0.1, -0.05) is 0 Å². The van der Waals surface area contributed by atoms with Gasteiger partial charge in [-0.3, -0.25) is 0 Å². The fourth-order valence-corrected chi connectivity index (χ4v) is 1.03. The molecule has 0 aliphatic carbocycles. The number of rotatable bonds is 1. The van der Waals surface area contributed by atoms with E-state index in [1.807, 2.05) is 17.8 Å². The minimum atomic E-state index is -3.62. The molecule has 0 fully saturated rings. The average molecular weight is 282 g/mol. The van der Waals surface area contributed by atoms with E-state index in [1.165, 1.54) is 0 Å². The van der Waals surface area contributed by atoms with Crippen molar-refractivity contribution in [3.8, 4) is 0 Å². The molecule has 0 N–H and O–H groups in total. The van der Waals surface area contributed by atoms with E-state index in [9.17, 15) is 19.2 Å². The molecule has 0 aromatic carbocycles. The molecule has 0 unspecified atom stereocenters. The summed E-state index contributed by atoms with van der Waals surface area (Å²) in [7, 11) is -1.60. The number of imidazole rings is 1. The summed E-state index contributed by atoms with van der Waals surface area (Å²) in [4.78, 5) is 42.4. The third kappa shape index (κ3) is 4.60. The van der Waals surface area contributed by atoms with Crippen LogP contribution in [0.15, 0.2) is 18.7 Å². The Morgan fingerprint density at radius 2 is 1.59 bits per heavy atom. The quantitative estimate of drug-likeness (QED) is 0.602. The molecule has 17 heavy (non-hydrogen) atoms. The molecular formula is C10H11CoN2O4+. The molecule has 0 spiro atoms. The first kappa shape index (κ1) is 15.0. The maximum atomic E-state index is 9.66. The van der Waals surface area contributed by atoms with Crippen LogP contribution in [0.25, 0.3) is 0 Å². The minimum absolute atomic E-state index is 0.953. The van der Waals surface area contributed by atoms with Crippen molar-refractivity contribution in [1.82, 2.24) is 4.57 Å². The zero-order chi connectivity index (χ0) is 13.3. The monoisotopic (exact) mass is 282 g/mol. The summed E-state index contributed by atoms with van der Waals surface area (Å²) in [5, 5.41) is 0. The molecule has 0 bridgehead atoms. The van der Waals surface area contributed by atoms with Gasteiger partial charge in [0, 0.05) is 0 Å². The summed E-state index contributed by atoms with van der Waals surface area (Å²) in [6, 6.07) is 0. The van der Waals surface area contributed by atoms with Crippen LogP contribution in [0.3, 0.4) is 0 Å². The molecule has 93 valence electrons. The van der Waals surface area contributed by atoms with Gasteiger partial charge in [-0.05, 0) is 6.92 Å². The summed E-state index contributed by atoms with van der Waals surface area (Å²) in [6.07, 6.45) is 6.14. The van der Waals surface area contributed by atoms with E-state index >= 15 is 0 Å². The first-order valence-electron chi connectivity index (χ1n) is 4.32. The number of aryl methyl sites for hydroxylation is 2. The fourth-order valence-electron chi connectivity index (χ4n) is 0.772. The average Bonchev–Trinajstić information content (AvgIpc) is 2.80. The number of carbonyl (C=O) groups excluding carboxylic acids is 4. The van der Waals surface area contributed by atoms with E-state index < -0.39 is 10.9 Å². The Hall–Kier alpha value is -1.96. The molecule has 0 atom stereocenters. The van der Waals surface area contributed by atoms with Gasteiger partial charge in [0.1, 0.15) is 12.4 Å². The van der Waals surface area contributed by atoms with Crippen molar-refractivity contribution in [2.24, 2.45) is 7.05 Å². The van der Waals surface area contributed by atoms with Gasteiger partial charge in [0.2, 0.25) is 6.33 Å². The molecule has 0 amide bonds. The fraction of sp³-hybridized carbons (Fsp3) is 0.300. The Bertz CT molecular complexity index is 652. The van der Waals surface area contributed by atoms with Crippen LogP contribution >= 0.6 is 0 Å². The normalized spacial score (nSPS) is 8.82. The van der Waals surface area contributed by atoms with Gasteiger partial charge >= 0.3 is 49.3 Å². The summed E-state index contributed by atoms with van der Waals surface area (Å²) in [6.45, 7) is 3.18. The Morgan fingerprint density at radius 3 is 1.71 bits per heavy atom. The SMILES string of the molecule is CC[n+]1ccn(C)c1.O=[C]=[Co](=[C]=O)(=[C]=O)=[C]=O. The number of aromatic nitrogens is 2. The molecule has 1 rings (SSSR count).